The lowest BCUT2D eigenvalue weighted by molar-refractivity contribution is -0.177. The van der Waals surface area contributed by atoms with Crippen LogP contribution < -0.4 is 0 Å². The van der Waals surface area contributed by atoms with Crippen molar-refractivity contribution in [3.63, 3.8) is 0 Å². The van der Waals surface area contributed by atoms with Crippen LogP contribution >= 0.6 is 11.3 Å². The number of nitrogens with zero attached hydrogens (tertiary/aromatic N) is 4. The van der Waals surface area contributed by atoms with Gasteiger partial charge < -0.3 is 14.4 Å². The van der Waals surface area contributed by atoms with E-state index in [4.69, 9.17) is 9.47 Å². The molecule has 148 valence electrons. The third-order valence-corrected chi connectivity index (χ3v) is 7.21. The second-order valence-electron chi connectivity index (χ2n) is 7.96. The Hall–Kier alpha value is -2.42. The van der Waals surface area contributed by atoms with E-state index in [0.29, 0.717) is 19.4 Å². The van der Waals surface area contributed by atoms with Crippen molar-refractivity contribution in [2.24, 2.45) is 0 Å². The summed E-state index contributed by atoms with van der Waals surface area (Å²) in [6, 6.07) is 3.98. The standard InChI is InChI=1S/C21H20N4O3S/c26-20-21(28-18-4-3-17(25(18)20)16-10-22-6-7-23-16)8-14(9-21)27-11-13-12-29-19-15(13)2-1-5-24-19/h1-2,5-7,10,12,14,17-18H,3-4,8-9,11H2/t14?,17-,18+,21?/m0/s1. The van der Waals surface area contributed by atoms with E-state index in [1.54, 1.807) is 29.9 Å². The summed E-state index contributed by atoms with van der Waals surface area (Å²) < 4.78 is 12.4. The second kappa shape index (κ2) is 6.55. The van der Waals surface area contributed by atoms with Crippen LogP contribution in [-0.2, 0) is 20.9 Å². The molecule has 0 unspecified atom stereocenters. The molecule has 1 aliphatic carbocycles. The number of thiophene rings is 1. The molecule has 0 radical (unpaired) electrons. The molecule has 2 saturated heterocycles. The van der Waals surface area contributed by atoms with E-state index in [9.17, 15) is 4.79 Å². The highest BCUT2D eigenvalue weighted by molar-refractivity contribution is 7.16. The quantitative estimate of drug-likeness (QED) is 0.660. The number of hydrogen-bond donors (Lipinski definition) is 0. The predicted octanol–water partition coefficient (Wildman–Crippen LogP) is 3.22. The zero-order chi connectivity index (χ0) is 19.4. The molecule has 29 heavy (non-hydrogen) atoms. The highest BCUT2D eigenvalue weighted by Crippen LogP contribution is 2.51. The lowest BCUT2D eigenvalue weighted by Gasteiger charge is -2.42. The fourth-order valence-electron chi connectivity index (χ4n) is 4.79. The highest BCUT2D eigenvalue weighted by atomic mass is 32.1. The number of aromatic nitrogens is 3. The van der Waals surface area contributed by atoms with Crippen molar-refractivity contribution in [3.05, 3.63) is 53.6 Å². The molecule has 6 rings (SSSR count). The lowest BCUT2D eigenvalue weighted by Crippen LogP contribution is -2.54. The molecule has 2 atom stereocenters. The summed E-state index contributed by atoms with van der Waals surface area (Å²) in [5, 5.41) is 3.25. The average Bonchev–Trinajstić information content (AvgIpc) is 3.40. The third kappa shape index (κ3) is 2.70. The van der Waals surface area contributed by atoms with E-state index >= 15 is 0 Å². The Labute approximate surface area is 171 Å². The van der Waals surface area contributed by atoms with Crippen molar-refractivity contribution in [2.75, 3.05) is 0 Å². The molecule has 1 saturated carbocycles. The number of carbonyl (C=O) groups is 1. The van der Waals surface area contributed by atoms with Crippen molar-refractivity contribution >= 4 is 27.5 Å². The number of amides is 1. The maximum atomic E-state index is 13.2. The fraction of sp³-hybridized carbons (Fsp3) is 0.429. The number of rotatable bonds is 4. The van der Waals surface area contributed by atoms with E-state index in [2.05, 4.69) is 26.4 Å². The van der Waals surface area contributed by atoms with E-state index in [1.807, 2.05) is 17.2 Å². The molecule has 2 aliphatic heterocycles. The Morgan fingerprint density at radius 1 is 1.24 bits per heavy atom. The van der Waals surface area contributed by atoms with Gasteiger partial charge in [-0.15, -0.1) is 11.3 Å². The van der Waals surface area contributed by atoms with Crippen LogP contribution in [0.4, 0.5) is 0 Å². The summed E-state index contributed by atoms with van der Waals surface area (Å²) in [5.74, 6) is 0.0840. The van der Waals surface area contributed by atoms with E-state index in [1.165, 1.54) is 0 Å². The van der Waals surface area contributed by atoms with Crippen molar-refractivity contribution in [2.45, 2.75) is 56.3 Å². The number of fused-ring (bicyclic) bond motifs is 2. The van der Waals surface area contributed by atoms with Gasteiger partial charge in [-0.1, -0.05) is 6.07 Å². The first-order chi connectivity index (χ1) is 14.2. The van der Waals surface area contributed by atoms with Crippen LogP contribution in [0.5, 0.6) is 0 Å². The minimum atomic E-state index is -0.714. The Kier molecular flexibility index (Phi) is 3.94. The van der Waals surface area contributed by atoms with Gasteiger partial charge in [0.05, 0.1) is 30.6 Å². The number of pyridine rings is 1. The van der Waals surface area contributed by atoms with Crippen molar-refractivity contribution < 1.29 is 14.3 Å². The molecule has 3 fully saturated rings. The van der Waals surface area contributed by atoms with Crippen molar-refractivity contribution in [3.8, 4) is 0 Å². The smallest absolute Gasteiger partial charge is 0.257 e. The minimum Gasteiger partial charge on any atom is -0.373 e. The number of ether oxygens (including phenoxy) is 2. The molecule has 7 nitrogen and oxygen atoms in total. The van der Waals surface area contributed by atoms with Crippen molar-refractivity contribution in [1.29, 1.82) is 0 Å². The van der Waals surface area contributed by atoms with Crippen LogP contribution in [0.25, 0.3) is 10.2 Å². The zero-order valence-electron chi connectivity index (χ0n) is 15.7. The van der Waals surface area contributed by atoms with Gasteiger partial charge in [-0.25, -0.2) is 4.98 Å². The van der Waals surface area contributed by atoms with Crippen LogP contribution in [0.3, 0.4) is 0 Å². The van der Waals surface area contributed by atoms with Gasteiger partial charge in [0, 0.05) is 36.8 Å². The second-order valence-corrected chi connectivity index (χ2v) is 8.82. The summed E-state index contributed by atoms with van der Waals surface area (Å²) in [6.45, 7) is 0.538. The van der Waals surface area contributed by atoms with E-state index < -0.39 is 5.60 Å². The predicted molar refractivity (Wildman–Crippen MR) is 106 cm³/mol. The summed E-state index contributed by atoms with van der Waals surface area (Å²) in [4.78, 5) is 29.1. The van der Waals surface area contributed by atoms with E-state index in [0.717, 1.165) is 34.3 Å². The van der Waals surface area contributed by atoms with Gasteiger partial charge in [0.25, 0.3) is 5.91 Å². The minimum absolute atomic E-state index is 0.0368. The molecular formula is C21H20N4O3S. The molecule has 0 bridgehead atoms. The Balaban J connectivity index is 1.12. The maximum absolute atomic E-state index is 13.2. The molecule has 3 aromatic heterocycles. The van der Waals surface area contributed by atoms with Crippen molar-refractivity contribution in [1.82, 2.24) is 19.9 Å². The Bertz CT molecular complexity index is 1070. The largest absolute Gasteiger partial charge is 0.373 e. The first kappa shape index (κ1) is 17.4. The molecule has 8 heteroatoms. The Morgan fingerprint density at radius 3 is 3.03 bits per heavy atom. The van der Waals surface area contributed by atoms with Crippen LogP contribution in [0.15, 0.2) is 42.3 Å². The lowest BCUT2D eigenvalue weighted by atomic mass is 9.76. The van der Waals surface area contributed by atoms with Gasteiger partial charge in [-0.2, -0.15) is 0 Å². The SMILES string of the molecule is O=C1N2[C@@H](CC[C@H]2c2cnccn2)OC12CC(OCc1csc3ncccc13)C2. The summed E-state index contributed by atoms with van der Waals surface area (Å²) in [7, 11) is 0. The first-order valence-corrected chi connectivity index (χ1v) is 10.8. The summed E-state index contributed by atoms with van der Waals surface area (Å²) in [6.07, 6.45) is 9.72. The van der Waals surface area contributed by atoms with Gasteiger partial charge in [0.1, 0.15) is 11.1 Å². The van der Waals surface area contributed by atoms with Gasteiger partial charge in [0.15, 0.2) is 5.60 Å². The number of hydrogen-bond acceptors (Lipinski definition) is 7. The highest BCUT2D eigenvalue weighted by Gasteiger charge is 2.63. The maximum Gasteiger partial charge on any atom is 0.257 e. The van der Waals surface area contributed by atoms with E-state index in [-0.39, 0.29) is 24.3 Å². The molecule has 5 heterocycles. The summed E-state index contributed by atoms with van der Waals surface area (Å²) >= 11 is 1.63. The molecule has 0 N–H and O–H groups in total. The van der Waals surface area contributed by atoms with Crippen LogP contribution in [0.2, 0.25) is 0 Å². The summed E-state index contributed by atoms with van der Waals surface area (Å²) in [5.41, 5.74) is 1.28. The van der Waals surface area contributed by atoms with Crippen LogP contribution in [0.1, 0.15) is 43.0 Å². The van der Waals surface area contributed by atoms with Crippen LogP contribution in [-0.4, -0.2) is 43.7 Å². The zero-order valence-corrected chi connectivity index (χ0v) is 16.5. The average molecular weight is 408 g/mol. The molecular weight excluding hydrogens is 388 g/mol. The molecule has 0 aromatic carbocycles. The molecule has 3 aliphatic rings. The van der Waals surface area contributed by atoms with Gasteiger partial charge in [-0.05, 0) is 29.9 Å². The fourth-order valence-corrected chi connectivity index (χ4v) is 5.69. The van der Waals surface area contributed by atoms with Gasteiger partial charge >= 0.3 is 0 Å². The van der Waals surface area contributed by atoms with Gasteiger partial charge in [0.2, 0.25) is 0 Å². The molecule has 3 aromatic rings. The third-order valence-electron chi connectivity index (χ3n) is 6.26. The van der Waals surface area contributed by atoms with Crippen LogP contribution in [0, 0.1) is 0 Å². The Morgan fingerprint density at radius 2 is 2.17 bits per heavy atom. The normalized spacial score (nSPS) is 30.8. The molecule has 1 spiro atoms. The molecule has 1 amide bonds. The number of carbonyl (C=O) groups excluding carboxylic acids is 1. The topological polar surface area (TPSA) is 77.4 Å². The monoisotopic (exact) mass is 408 g/mol. The van der Waals surface area contributed by atoms with Gasteiger partial charge in [-0.3, -0.25) is 14.8 Å². The first-order valence-electron chi connectivity index (χ1n) is 9.93.